The molecule has 3 aromatic rings. The SMILES string of the molecule is COc1ccc2c(c1)c(C(Cl)(Cl)Cl)nc1ccccc12. The molecule has 0 amide bonds. The fourth-order valence-corrected chi connectivity index (χ4v) is 2.71. The second-order valence-electron chi connectivity index (χ2n) is 4.39. The molecule has 0 unspecified atom stereocenters. The van der Waals surface area contributed by atoms with Crippen molar-refractivity contribution < 1.29 is 4.74 Å². The third kappa shape index (κ3) is 2.28. The molecular formula is C15H10Cl3NO. The van der Waals surface area contributed by atoms with Crippen LogP contribution < -0.4 is 4.74 Å². The first-order chi connectivity index (χ1) is 9.50. The standard InChI is InChI=1S/C15H10Cl3NO/c1-20-9-6-7-10-11-4-2-3-5-13(11)19-14(12(10)8-9)15(16,17)18/h2-8H,1H3. The predicted molar refractivity (Wildman–Crippen MR) is 85.0 cm³/mol. The number of aromatic nitrogens is 1. The molecule has 5 heteroatoms. The number of para-hydroxylation sites is 1. The van der Waals surface area contributed by atoms with E-state index in [2.05, 4.69) is 4.98 Å². The molecule has 0 saturated heterocycles. The Morgan fingerprint density at radius 2 is 1.70 bits per heavy atom. The van der Waals surface area contributed by atoms with Crippen LogP contribution in [-0.4, -0.2) is 12.1 Å². The van der Waals surface area contributed by atoms with E-state index in [1.165, 1.54) is 0 Å². The van der Waals surface area contributed by atoms with Crippen molar-refractivity contribution in [2.45, 2.75) is 3.79 Å². The van der Waals surface area contributed by atoms with E-state index in [1.807, 2.05) is 42.5 Å². The van der Waals surface area contributed by atoms with Crippen molar-refractivity contribution in [1.29, 1.82) is 0 Å². The predicted octanol–water partition coefficient (Wildman–Crippen LogP) is 5.22. The summed E-state index contributed by atoms with van der Waals surface area (Å²) in [6.45, 7) is 0. The number of hydrogen-bond acceptors (Lipinski definition) is 2. The van der Waals surface area contributed by atoms with E-state index in [1.54, 1.807) is 7.11 Å². The van der Waals surface area contributed by atoms with Crippen LogP contribution in [-0.2, 0) is 3.79 Å². The number of ether oxygens (including phenoxy) is 1. The van der Waals surface area contributed by atoms with Gasteiger partial charge in [-0.25, -0.2) is 4.98 Å². The minimum Gasteiger partial charge on any atom is -0.497 e. The van der Waals surface area contributed by atoms with E-state index in [0.29, 0.717) is 11.4 Å². The van der Waals surface area contributed by atoms with E-state index in [9.17, 15) is 0 Å². The fourth-order valence-electron chi connectivity index (χ4n) is 2.28. The summed E-state index contributed by atoms with van der Waals surface area (Å²) in [7, 11) is 1.60. The molecule has 2 nitrogen and oxygen atoms in total. The second-order valence-corrected chi connectivity index (χ2v) is 6.67. The highest BCUT2D eigenvalue weighted by Crippen LogP contribution is 2.42. The van der Waals surface area contributed by atoms with Gasteiger partial charge in [0.05, 0.1) is 12.6 Å². The zero-order valence-electron chi connectivity index (χ0n) is 10.5. The maximum Gasteiger partial charge on any atom is 0.233 e. The maximum absolute atomic E-state index is 6.06. The summed E-state index contributed by atoms with van der Waals surface area (Å²) in [6.07, 6.45) is 0. The lowest BCUT2D eigenvalue weighted by Crippen LogP contribution is -2.05. The number of methoxy groups -OCH3 is 1. The summed E-state index contributed by atoms with van der Waals surface area (Å²) in [4.78, 5) is 4.50. The second kappa shape index (κ2) is 4.96. The molecule has 20 heavy (non-hydrogen) atoms. The molecule has 0 aliphatic heterocycles. The maximum atomic E-state index is 6.06. The number of benzene rings is 2. The van der Waals surface area contributed by atoms with Crippen molar-refractivity contribution in [2.24, 2.45) is 0 Å². The zero-order valence-corrected chi connectivity index (χ0v) is 12.8. The Kier molecular flexibility index (Phi) is 3.41. The fraction of sp³-hybridized carbons (Fsp3) is 0.133. The number of pyridine rings is 1. The molecule has 0 aliphatic carbocycles. The monoisotopic (exact) mass is 325 g/mol. The molecule has 0 atom stereocenters. The van der Waals surface area contributed by atoms with Gasteiger partial charge in [-0.15, -0.1) is 0 Å². The normalized spacial score (nSPS) is 12.0. The lowest BCUT2D eigenvalue weighted by molar-refractivity contribution is 0.415. The zero-order chi connectivity index (χ0) is 14.3. The average molecular weight is 327 g/mol. The molecule has 0 saturated carbocycles. The molecule has 102 valence electrons. The summed E-state index contributed by atoms with van der Waals surface area (Å²) < 4.78 is 3.66. The van der Waals surface area contributed by atoms with Gasteiger partial charge in [0, 0.05) is 10.8 Å². The number of rotatable bonds is 1. The highest BCUT2D eigenvalue weighted by Gasteiger charge is 2.28. The number of halogens is 3. The Morgan fingerprint density at radius 1 is 0.950 bits per heavy atom. The van der Waals surface area contributed by atoms with E-state index < -0.39 is 3.79 Å². The van der Waals surface area contributed by atoms with E-state index in [0.717, 1.165) is 21.7 Å². The summed E-state index contributed by atoms with van der Waals surface area (Å²) in [5.41, 5.74) is 1.21. The Labute approximate surface area is 131 Å². The van der Waals surface area contributed by atoms with Crippen molar-refractivity contribution in [3.8, 4) is 5.75 Å². The molecule has 0 spiro atoms. The third-order valence-corrected chi connectivity index (χ3v) is 3.71. The first kappa shape index (κ1) is 13.7. The molecule has 2 aromatic carbocycles. The van der Waals surface area contributed by atoms with E-state index in [-0.39, 0.29) is 0 Å². The van der Waals surface area contributed by atoms with Gasteiger partial charge in [-0.05, 0) is 29.7 Å². The van der Waals surface area contributed by atoms with Gasteiger partial charge in [0.1, 0.15) is 11.4 Å². The largest absolute Gasteiger partial charge is 0.497 e. The van der Waals surface area contributed by atoms with Crippen LogP contribution in [0.25, 0.3) is 21.7 Å². The lowest BCUT2D eigenvalue weighted by Gasteiger charge is -2.16. The summed E-state index contributed by atoms with van der Waals surface area (Å²) >= 11 is 18.2. The minimum absolute atomic E-state index is 0.412. The van der Waals surface area contributed by atoms with Gasteiger partial charge in [-0.3, -0.25) is 0 Å². The topological polar surface area (TPSA) is 22.1 Å². The Balaban J connectivity index is 2.50. The van der Waals surface area contributed by atoms with Crippen LogP contribution in [0, 0.1) is 0 Å². The molecule has 0 N–H and O–H groups in total. The quantitative estimate of drug-likeness (QED) is 0.451. The molecule has 0 fully saturated rings. The molecular weight excluding hydrogens is 317 g/mol. The van der Waals surface area contributed by atoms with Crippen molar-refractivity contribution in [3.05, 3.63) is 48.2 Å². The van der Waals surface area contributed by atoms with Gasteiger partial charge in [-0.1, -0.05) is 53.0 Å². The third-order valence-electron chi connectivity index (χ3n) is 3.18. The van der Waals surface area contributed by atoms with Crippen LogP contribution in [0.15, 0.2) is 42.5 Å². The van der Waals surface area contributed by atoms with Crippen molar-refractivity contribution >= 4 is 56.5 Å². The molecule has 1 heterocycles. The molecule has 3 rings (SSSR count). The van der Waals surface area contributed by atoms with Crippen LogP contribution in [0.2, 0.25) is 0 Å². The van der Waals surface area contributed by atoms with Gasteiger partial charge < -0.3 is 4.74 Å². The summed E-state index contributed by atoms with van der Waals surface area (Å²) in [6, 6.07) is 13.5. The van der Waals surface area contributed by atoms with Crippen molar-refractivity contribution in [2.75, 3.05) is 7.11 Å². The van der Waals surface area contributed by atoms with Crippen LogP contribution in [0.4, 0.5) is 0 Å². The number of nitrogens with zero attached hydrogens (tertiary/aromatic N) is 1. The first-order valence-electron chi connectivity index (χ1n) is 5.94. The van der Waals surface area contributed by atoms with Crippen molar-refractivity contribution in [3.63, 3.8) is 0 Å². The highest BCUT2D eigenvalue weighted by atomic mass is 35.6. The molecule has 0 bridgehead atoms. The van der Waals surface area contributed by atoms with Gasteiger partial charge in [0.15, 0.2) is 0 Å². The van der Waals surface area contributed by atoms with E-state index in [4.69, 9.17) is 39.5 Å². The first-order valence-corrected chi connectivity index (χ1v) is 7.08. The van der Waals surface area contributed by atoms with Crippen LogP contribution >= 0.6 is 34.8 Å². The Morgan fingerprint density at radius 3 is 2.40 bits per heavy atom. The van der Waals surface area contributed by atoms with Gasteiger partial charge in [0.25, 0.3) is 0 Å². The Hall–Kier alpha value is -1.22. The lowest BCUT2D eigenvalue weighted by atomic mass is 10.0. The van der Waals surface area contributed by atoms with Crippen LogP contribution in [0.5, 0.6) is 5.75 Å². The molecule has 0 radical (unpaired) electrons. The average Bonchev–Trinajstić information content (AvgIpc) is 2.44. The number of fused-ring (bicyclic) bond motifs is 3. The Bertz CT molecular complexity index is 796. The van der Waals surface area contributed by atoms with Gasteiger partial charge in [0.2, 0.25) is 3.79 Å². The molecule has 1 aromatic heterocycles. The van der Waals surface area contributed by atoms with E-state index >= 15 is 0 Å². The van der Waals surface area contributed by atoms with Crippen LogP contribution in [0.1, 0.15) is 5.69 Å². The summed E-state index contributed by atoms with van der Waals surface area (Å²) in [5.74, 6) is 0.699. The summed E-state index contributed by atoms with van der Waals surface area (Å²) in [5, 5.41) is 2.78. The smallest absolute Gasteiger partial charge is 0.233 e. The van der Waals surface area contributed by atoms with Gasteiger partial charge >= 0.3 is 0 Å². The molecule has 0 aliphatic rings. The minimum atomic E-state index is -1.59. The number of alkyl halides is 3. The van der Waals surface area contributed by atoms with Crippen LogP contribution in [0.3, 0.4) is 0 Å². The number of hydrogen-bond donors (Lipinski definition) is 0. The van der Waals surface area contributed by atoms with Crippen molar-refractivity contribution in [1.82, 2.24) is 4.98 Å². The highest BCUT2D eigenvalue weighted by molar-refractivity contribution is 6.67. The van der Waals surface area contributed by atoms with Gasteiger partial charge in [-0.2, -0.15) is 0 Å².